The van der Waals surface area contributed by atoms with Crippen LogP contribution in [0.5, 0.6) is 0 Å². The molecule has 106 valence electrons. The van der Waals surface area contributed by atoms with E-state index in [2.05, 4.69) is 4.98 Å². The summed E-state index contributed by atoms with van der Waals surface area (Å²) in [7, 11) is 1.69. The van der Waals surface area contributed by atoms with E-state index in [4.69, 9.17) is 0 Å². The van der Waals surface area contributed by atoms with Crippen molar-refractivity contribution in [2.45, 2.75) is 6.54 Å². The average molecular weight is 299 g/mol. The number of thiophene rings is 1. The predicted octanol–water partition coefficient (Wildman–Crippen LogP) is 2.12. The van der Waals surface area contributed by atoms with Crippen LogP contribution in [0.4, 0.5) is 5.69 Å². The number of anilines is 1. The third-order valence-electron chi connectivity index (χ3n) is 3.27. The number of benzene rings is 1. The highest BCUT2D eigenvalue weighted by Gasteiger charge is 2.13. The fourth-order valence-electron chi connectivity index (χ4n) is 2.05. The van der Waals surface area contributed by atoms with Gasteiger partial charge in [-0.15, -0.1) is 11.3 Å². The minimum Gasteiger partial charge on any atom is -0.314 e. The Labute approximate surface area is 125 Å². The predicted molar refractivity (Wildman–Crippen MR) is 83.7 cm³/mol. The molecule has 0 N–H and O–H groups in total. The van der Waals surface area contributed by atoms with Crippen LogP contribution in [0.15, 0.2) is 52.9 Å². The first-order valence-electron chi connectivity index (χ1n) is 6.41. The van der Waals surface area contributed by atoms with Crippen LogP contribution in [-0.2, 0) is 11.3 Å². The molecule has 1 aromatic carbocycles. The average Bonchev–Trinajstić information content (AvgIpc) is 2.99. The molecule has 0 saturated carbocycles. The molecule has 0 spiro atoms. The first-order valence-corrected chi connectivity index (χ1v) is 7.29. The molecule has 1 amide bonds. The zero-order valence-corrected chi connectivity index (χ0v) is 12.2. The summed E-state index contributed by atoms with van der Waals surface area (Å²) < 4.78 is 1.34. The summed E-state index contributed by atoms with van der Waals surface area (Å²) >= 11 is 1.41. The molecule has 21 heavy (non-hydrogen) atoms. The molecular weight excluding hydrogens is 286 g/mol. The van der Waals surface area contributed by atoms with E-state index in [0.29, 0.717) is 10.2 Å². The topological polar surface area (TPSA) is 55.2 Å². The van der Waals surface area contributed by atoms with Gasteiger partial charge in [0.25, 0.3) is 5.56 Å². The maximum absolute atomic E-state index is 12.3. The first-order chi connectivity index (χ1) is 10.2. The summed E-state index contributed by atoms with van der Waals surface area (Å²) in [5.41, 5.74) is 0.608. The van der Waals surface area contributed by atoms with Crippen molar-refractivity contribution < 1.29 is 4.79 Å². The van der Waals surface area contributed by atoms with Gasteiger partial charge in [-0.25, -0.2) is 4.98 Å². The first kappa shape index (κ1) is 13.5. The molecule has 0 aliphatic heterocycles. The van der Waals surface area contributed by atoms with E-state index in [1.165, 1.54) is 27.1 Å². The molecule has 0 aliphatic rings. The lowest BCUT2D eigenvalue weighted by Gasteiger charge is -2.17. The van der Waals surface area contributed by atoms with Crippen LogP contribution in [-0.4, -0.2) is 22.5 Å². The molecule has 0 fully saturated rings. The zero-order valence-electron chi connectivity index (χ0n) is 11.4. The van der Waals surface area contributed by atoms with Crippen LogP contribution in [0.25, 0.3) is 10.2 Å². The number of para-hydroxylation sites is 1. The van der Waals surface area contributed by atoms with E-state index in [1.807, 2.05) is 35.7 Å². The Morgan fingerprint density at radius 3 is 2.81 bits per heavy atom. The van der Waals surface area contributed by atoms with Gasteiger partial charge in [0.1, 0.15) is 11.4 Å². The van der Waals surface area contributed by atoms with Gasteiger partial charge in [0, 0.05) is 12.7 Å². The smallest absolute Gasteiger partial charge is 0.262 e. The second-order valence-electron chi connectivity index (χ2n) is 4.61. The zero-order chi connectivity index (χ0) is 14.8. The Morgan fingerprint density at radius 1 is 1.29 bits per heavy atom. The van der Waals surface area contributed by atoms with E-state index in [9.17, 15) is 9.59 Å². The molecule has 0 unspecified atom stereocenters. The van der Waals surface area contributed by atoms with Gasteiger partial charge in [0.05, 0.1) is 11.7 Å². The molecule has 0 radical (unpaired) electrons. The minimum atomic E-state index is -0.184. The maximum atomic E-state index is 12.3. The molecule has 0 saturated heterocycles. The summed E-state index contributed by atoms with van der Waals surface area (Å²) in [6.45, 7) is -0.0248. The third kappa shape index (κ3) is 2.57. The summed E-state index contributed by atoms with van der Waals surface area (Å²) in [5, 5.41) is 2.37. The minimum absolute atomic E-state index is 0.0248. The molecular formula is C15H13N3O2S. The second-order valence-corrected chi connectivity index (χ2v) is 5.50. The standard InChI is InChI=1S/C15H13N3O2S/c1-17(11-5-3-2-4-6-11)13(19)9-18-10-16-14-12(15(18)20)7-8-21-14/h2-8,10H,9H2,1H3. The van der Waals surface area contributed by atoms with Gasteiger partial charge in [-0.3, -0.25) is 14.2 Å². The van der Waals surface area contributed by atoms with Crippen LogP contribution in [0.3, 0.4) is 0 Å². The number of fused-ring (bicyclic) bond motifs is 1. The Bertz CT molecular complexity index is 839. The van der Waals surface area contributed by atoms with E-state index in [-0.39, 0.29) is 18.0 Å². The van der Waals surface area contributed by atoms with Crippen molar-refractivity contribution in [2.75, 3.05) is 11.9 Å². The Morgan fingerprint density at radius 2 is 2.05 bits per heavy atom. The van der Waals surface area contributed by atoms with E-state index < -0.39 is 0 Å². The largest absolute Gasteiger partial charge is 0.314 e. The third-order valence-corrected chi connectivity index (χ3v) is 4.09. The molecule has 0 bridgehead atoms. The van der Waals surface area contributed by atoms with Crippen LogP contribution >= 0.6 is 11.3 Å². The van der Waals surface area contributed by atoms with Gasteiger partial charge in [-0.1, -0.05) is 18.2 Å². The quantitative estimate of drug-likeness (QED) is 0.744. The van der Waals surface area contributed by atoms with Crippen molar-refractivity contribution in [1.82, 2.24) is 9.55 Å². The Kier molecular flexibility index (Phi) is 3.53. The molecule has 2 heterocycles. The summed E-state index contributed by atoms with van der Waals surface area (Å²) in [5.74, 6) is -0.167. The second kappa shape index (κ2) is 5.49. The number of amides is 1. The van der Waals surface area contributed by atoms with Crippen molar-refractivity contribution in [1.29, 1.82) is 0 Å². The van der Waals surface area contributed by atoms with Gasteiger partial charge in [0.2, 0.25) is 5.91 Å². The van der Waals surface area contributed by atoms with Crippen LogP contribution < -0.4 is 10.5 Å². The van der Waals surface area contributed by atoms with E-state index in [0.717, 1.165) is 5.69 Å². The maximum Gasteiger partial charge on any atom is 0.262 e. The lowest BCUT2D eigenvalue weighted by molar-refractivity contribution is -0.118. The SMILES string of the molecule is CN(C(=O)Cn1cnc2sccc2c1=O)c1ccccc1. The van der Waals surface area contributed by atoms with Crippen molar-refractivity contribution in [3.8, 4) is 0 Å². The van der Waals surface area contributed by atoms with E-state index >= 15 is 0 Å². The van der Waals surface area contributed by atoms with Crippen molar-refractivity contribution >= 4 is 33.1 Å². The van der Waals surface area contributed by atoms with Crippen molar-refractivity contribution in [3.05, 3.63) is 58.5 Å². The molecule has 0 atom stereocenters. The number of carbonyl (C=O) groups excluding carboxylic acids is 1. The van der Waals surface area contributed by atoms with Gasteiger partial charge in [-0.2, -0.15) is 0 Å². The Hall–Kier alpha value is -2.47. The van der Waals surface area contributed by atoms with Gasteiger partial charge in [-0.05, 0) is 23.6 Å². The van der Waals surface area contributed by atoms with Crippen molar-refractivity contribution in [2.24, 2.45) is 0 Å². The summed E-state index contributed by atoms with van der Waals surface area (Å²) in [6.07, 6.45) is 1.43. The van der Waals surface area contributed by atoms with Crippen LogP contribution in [0, 0.1) is 0 Å². The lowest BCUT2D eigenvalue weighted by atomic mass is 10.3. The van der Waals surface area contributed by atoms with Crippen LogP contribution in [0.1, 0.15) is 0 Å². The number of hydrogen-bond acceptors (Lipinski definition) is 4. The number of rotatable bonds is 3. The Balaban J connectivity index is 1.86. The lowest BCUT2D eigenvalue weighted by Crippen LogP contribution is -2.33. The number of carbonyl (C=O) groups is 1. The fourth-order valence-corrected chi connectivity index (χ4v) is 2.78. The summed E-state index contributed by atoms with van der Waals surface area (Å²) in [6, 6.07) is 11.1. The number of nitrogens with zero attached hydrogens (tertiary/aromatic N) is 3. The highest BCUT2D eigenvalue weighted by Crippen LogP contribution is 2.14. The fraction of sp³-hybridized carbons (Fsp3) is 0.133. The van der Waals surface area contributed by atoms with Gasteiger partial charge < -0.3 is 4.90 Å². The molecule has 3 rings (SSSR count). The highest BCUT2D eigenvalue weighted by atomic mass is 32.1. The summed E-state index contributed by atoms with van der Waals surface area (Å²) in [4.78, 5) is 30.9. The van der Waals surface area contributed by atoms with E-state index in [1.54, 1.807) is 13.1 Å². The van der Waals surface area contributed by atoms with Crippen LogP contribution in [0.2, 0.25) is 0 Å². The van der Waals surface area contributed by atoms with Crippen molar-refractivity contribution in [3.63, 3.8) is 0 Å². The number of likely N-dealkylation sites (N-methyl/N-ethyl adjacent to an activating group) is 1. The molecule has 5 nitrogen and oxygen atoms in total. The number of hydrogen-bond donors (Lipinski definition) is 0. The monoisotopic (exact) mass is 299 g/mol. The number of aromatic nitrogens is 2. The van der Waals surface area contributed by atoms with Gasteiger partial charge >= 0.3 is 0 Å². The normalized spacial score (nSPS) is 10.7. The highest BCUT2D eigenvalue weighted by molar-refractivity contribution is 7.16. The molecule has 0 aliphatic carbocycles. The van der Waals surface area contributed by atoms with Gasteiger partial charge in [0.15, 0.2) is 0 Å². The molecule has 3 aromatic rings. The molecule has 2 aromatic heterocycles. The molecule has 6 heteroatoms.